The lowest BCUT2D eigenvalue weighted by Crippen LogP contribution is -2.49. The van der Waals surface area contributed by atoms with E-state index < -0.39 is 0 Å². The van der Waals surface area contributed by atoms with Crippen molar-refractivity contribution < 1.29 is 4.79 Å². The first-order chi connectivity index (χ1) is 9.53. The van der Waals surface area contributed by atoms with Crippen molar-refractivity contribution >= 4 is 5.78 Å². The summed E-state index contributed by atoms with van der Waals surface area (Å²) in [7, 11) is 0. The zero-order valence-electron chi connectivity index (χ0n) is 13.1. The quantitative estimate of drug-likeness (QED) is 0.612. The van der Waals surface area contributed by atoms with Crippen molar-refractivity contribution in [2.24, 2.45) is 28.6 Å². The summed E-state index contributed by atoms with van der Waals surface area (Å²) < 4.78 is 0. The Morgan fingerprint density at radius 3 is 2.70 bits per heavy atom. The van der Waals surface area contributed by atoms with Gasteiger partial charge in [-0.25, -0.2) is 0 Å². The van der Waals surface area contributed by atoms with Crippen LogP contribution in [0.2, 0.25) is 0 Å². The van der Waals surface area contributed by atoms with E-state index in [1.807, 2.05) is 6.08 Å². The van der Waals surface area contributed by atoms with Crippen LogP contribution in [0.4, 0.5) is 0 Å². The number of hydrogen-bond acceptors (Lipinski definition) is 1. The Hall–Kier alpha value is -0.590. The van der Waals surface area contributed by atoms with Crippen LogP contribution in [-0.4, -0.2) is 5.78 Å². The molecule has 0 aromatic rings. The van der Waals surface area contributed by atoms with Gasteiger partial charge in [-0.2, -0.15) is 0 Å². The maximum atomic E-state index is 11.8. The second-order valence-corrected chi connectivity index (χ2v) is 8.55. The van der Waals surface area contributed by atoms with Gasteiger partial charge in [0.2, 0.25) is 0 Å². The van der Waals surface area contributed by atoms with E-state index in [4.69, 9.17) is 0 Å². The Kier molecular flexibility index (Phi) is 2.76. The predicted molar refractivity (Wildman–Crippen MR) is 81.3 cm³/mol. The summed E-state index contributed by atoms with van der Waals surface area (Å²) >= 11 is 0. The highest BCUT2D eigenvalue weighted by atomic mass is 16.1. The van der Waals surface area contributed by atoms with Gasteiger partial charge in [0.05, 0.1) is 0 Å². The van der Waals surface area contributed by atoms with Crippen LogP contribution in [0.3, 0.4) is 0 Å². The lowest BCUT2D eigenvalue weighted by atomic mass is 9.47. The van der Waals surface area contributed by atoms with Crippen molar-refractivity contribution in [3.8, 4) is 0 Å². The fourth-order valence-electron chi connectivity index (χ4n) is 6.55. The second kappa shape index (κ2) is 4.21. The molecule has 0 spiro atoms. The Bertz CT molecular complexity index is 476. The van der Waals surface area contributed by atoms with Gasteiger partial charge in [0.15, 0.2) is 5.78 Å². The van der Waals surface area contributed by atoms with Gasteiger partial charge >= 0.3 is 0 Å². The monoisotopic (exact) mass is 272 g/mol. The first-order valence-corrected chi connectivity index (χ1v) is 8.77. The number of hydrogen-bond donors (Lipinski definition) is 0. The van der Waals surface area contributed by atoms with Gasteiger partial charge in [0.25, 0.3) is 0 Å². The van der Waals surface area contributed by atoms with Crippen LogP contribution in [0.5, 0.6) is 0 Å². The standard InChI is InChI=1S/C19H28O/c1-18-9-3-4-16(18)15-6-5-13-12-14(20)7-11-19(13,2)17(15)8-10-18/h12,15-17H,3-11H2,1-2H3/t15?,16?,17?,18-,19-/m0/s1. The molecule has 110 valence electrons. The third-order valence-electron chi connectivity index (χ3n) is 7.74. The van der Waals surface area contributed by atoms with Crippen molar-refractivity contribution in [1.82, 2.24) is 0 Å². The Morgan fingerprint density at radius 2 is 1.85 bits per heavy atom. The fourth-order valence-corrected chi connectivity index (χ4v) is 6.55. The molecule has 3 unspecified atom stereocenters. The fraction of sp³-hybridized carbons (Fsp3) is 0.842. The van der Waals surface area contributed by atoms with Crippen LogP contribution in [0.25, 0.3) is 0 Å². The predicted octanol–water partition coefficient (Wildman–Crippen LogP) is 4.91. The normalized spacial score (nSPS) is 51.0. The van der Waals surface area contributed by atoms with Crippen LogP contribution >= 0.6 is 0 Å². The molecule has 0 saturated heterocycles. The van der Waals surface area contributed by atoms with Gasteiger partial charge in [0, 0.05) is 6.42 Å². The highest BCUT2D eigenvalue weighted by molar-refractivity contribution is 5.91. The van der Waals surface area contributed by atoms with Crippen molar-refractivity contribution in [1.29, 1.82) is 0 Å². The first-order valence-electron chi connectivity index (χ1n) is 8.77. The molecule has 0 amide bonds. The minimum atomic E-state index is 0.362. The van der Waals surface area contributed by atoms with Crippen LogP contribution < -0.4 is 0 Å². The molecule has 5 atom stereocenters. The van der Waals surface area contributed by atoms with Crippen molar-refractivity contribution in [2.75, 3.05) is 0 Å². The lowest BCUT2D eigenvalue weighted by molar-refractivity contribution is -0.117. The van der Waals surface area contributed by atoms with Crippen molar-refractivity contribution in [2.45, 2.75) is 71.6 Å². The Morgan fingerprint density at radius 1 is 1.00 bits per heavy atom. The molecule has 0 aromatic heterocycles. The average Bonchev–Trinajstić information content (AvgIpc) is 2.81. The van der Waals surface area contributed by atoms with Crippen molar-refractivity contribution in [3.05, 3.63) is 11.6 Å². The molecule has 0 N–H and O–H groups in total. The maximum Gasteiger partial charge on any atom is 0.155 e. The van der Waals surface area contributed by atoms with E-state index in [1.54, 1.807) is 0 Å². The summed E-state index contributed by atoms with van der Waals surface area (Å²) in [5.74, 6) is 3.19. The smallest absolute Gasteiger partial charge is 0.155 e. The molecule has 1 heteroatoms. The Labute approximate surface area is 123 Å². The van der Waals surface area contributed by atoms with Crippen LogP contribution in [-0.2, 0) is 4.79 Å². The van der Waals surface area contributed by atoms with Gasteiger partial charge < -0.3 is 0 Å². The summed E-state index contributed by atoms with van der Waals surface area (Å²) in [6, 6.07) is 0. The maximum absolute atomic E-state index is 11.8. The van der Waals surface area contributed by atoms with E-state index in [0.717, 1.165) is 30.6 Å². The third-order valence-corrected chi connectivity index (χ3v) is 7.74. The summed E-state index contributed by atoms with van der Waals surface area (Å²) in [5.41, 5.74) is 2.53. The van der Waals surface area contributed by atoms with Gasteiger partial charge in [-0.3, -0.25) is 4.79 Å². The minimum absolute atomic E-state index is 0.362. The van der Waals surface area contributed by atoms with Gasteiger partial charge in [0.1, 0.15) is 0 Å². The molecular formula is C19H28O. The molecule has 20 heavy (non-hydrogen) atoms. The zero-order valence-corrected chi connectivity index (χ0v) is 13.1. The summed E-state index contributed by atoms with van der Waals surface area (Å²) in [6.07, 6.45) is 13.8. The van der Waals surface area contributed by atoms with Gasteiger partial charge in [-0.05, 0) is 79.6 Å². The summed E-state index contributed by atoms with van der Waals surface area (Å²) in [5, 5.41) is 0. The summed E-state index contributed by atoms with van der Waals surface area (Å²) in [6.45, 7) is 5.05. The van der Waals surface area contributed by atoms with Crippen LogP contribution in [0.1, 0.15) is 71.6 Å². The number of carbonyl (C=O) groups is 1. The first kappa shape index (κ1) is 13.1. The van der Waals surface area contributed by atoms with E-state index in [2.05, 4.69) is 13.8 Å². The van der Waals surface area contributed by atoms with E-state index in [-0.39, 0.29) is 0 Å². The van der Waals surface area contributed by atoms with Crippen LogP contribution in [0, 0.1) is 28.6 Å². The molecule has 4 rings (SSSR count). The molecule has 0 heterocycles. The molecule has 4 aliphatic carbocycles. The lowest BCUT2D eigenvalue weighted by Gasteiger charge is -2.57. The van der Waals surface area contributed by atoms with Crippen LogP contribution in [0.15, 0.2) is 11.6 Å². The molecule has 3 saturated carbocycles. The molecule has 1 nitrogen and oxygen atoms in total. The number of fused-ring (bicyclic) bond motifs is 5. The van der Waals surface area contributed by atoms with E-state index in [9.17, 15) is 4.79 Å². The highest BCUT2D eigenvalue weighted by Crippen LogP contribution is 2.65. The molecule has 3 fully saturated rings. The topological polar surface area (TPSA) is 17.1 Å². The minimum Gasteiger partial charge on any atom is -0.295 e. The average molecular weight is 272 g/mol. The SMILES string of the molecule is C[C@@]12CCCC1C1CCC3=CC(=O)CC[C@]3(C)C1CC2. The number of ketones is 1. The molecule has 4 aliphatic rings. The van der Waals surface area contributed by atoms with Crippen molar-refractivity contribution in [3.63, 3.8) is 0 Å². The molecule has 0 aromatic carbocycles. The van der Waals surface area contributed by atoms with E-state index in [1.165, 1.54) is 50.5 Å². The molecule has 0 aliphatic heterocycles. The third kappa shape index (κ3) is 1.64. The largest absolute Gasteiger partial charge is 0.295 e. The zero-order chi connectivity index (χ0) is 14.0. The van der Waals surface area contributed by atoms with Gasteiger partial charge in [-0.15, -0.1) is 0 Å². The second-order valence-electron chi connectivity index (χ2n) is 8.55. The number of allylic oxidation sites excluding steroid dienone is 1. The summed E-state index contributed by atoms with van der Waals surface area (Å²) in [4.78, 5) is 11.8. The number of rotatable bonds is 0. The Balaban J connectivity index is 1.69. The highest BCUT2D eigenvalue weighted by Gasteiger charge is 2.55. The molecular weight excluding hydrogens is 244 g/mol. The molecule has 0 radical (unpaired) electrons. The van der Waals surface area contributed by atoms with E-state index in [0.29, 0.717) is 16.6 Å². The van der Waals surface area contributed by atoms with E-state index >= 15 is 0 Å². The number of carbonyl (C=O) groups excluding carboxylic acids is 1. The van der Waals surface area contributed by atoms with Gasteiger partial charge in [-0.1, -0.05) is 25.8 Å². The molecule has 0 bridgehead atoms.